The zero-order valence-corrected chi connectivity index (χ0v) is 24.1. The molecule has 1 amide bonds. The van der Waals surface area contributed by atoms with Gasteiger partial charge in [0, 0.05) is 24.7 Å². The number of hydrogen-bond donors (Lipinski definition) is 2. The summed E-state index contributed by atoms with van der Waals surface area (Å²) < 4.78 is 63.5. The van der Waals surface area contributed by atoms with Gasteiger partial charge in [0.1, 0.15) is 0 Å². The Morgan fingerprint density at radius 2 is 1.73 bits per heavy atom. The number of amides is 1. The number of nitrogens with one attached hydrogen (secondary N) is 1. The molecule has 0 saturated heterocycles. The molecule has 2 aromatic rings. The third-order valence-electron chi connectivity index (χ3n) is 8.43. The second kappa shape index (κ2) is 12.2. The molecule has 40 heavy (non-hydrogen) atoms. The number of sulfone groups is 1. The van der Waals surface area contributed by atoms with Crippen LogP contribution in [0.1, 0.15) is 85.6 Å². The first-order valence-corrected chi connectivity index (χ1v) is 15.7. The van der Waals surface area contributed by atoms with Crippen LogP contribution in [0.3, 0.4) is 0 Å². The number of fused-ring (bicyclic) bond motifs is 1. The van der Waals surface area contributed by atoms with Crippen LogP contribution in [0.25, 0.3) is 0 Å². The third kappa shape index (κ3) is 6.71. The minimum Gasteiger partial charge on any atom is -0.394 e. The lowest BCUT2D eigenvalue weighted by Crippen LogP contribution is -2.34. The molecule has 0 radical (unpaired) electrons. The normalized spacial score (nSPS) is 22.8. The van der Waals surface area contributed by atoms with Crippen LogP contribution in [0.2, 0.25) is 0 Å². The van der Waals surface area contributed by atoms with Crippen LogP contribution in [0.15, 0.2) is 47.4 Å². The molecule has 2 N–H and O–H groups in total. The van der Waals surface area contributed by atoms with Crippen LogP contribution in [-0.4, -0.2) is 49.4 Å². The summed E-state index contributed by atoms with van der Waals surface area (Å²) in [5.74, 6) is -1.03. The summed E-state index contributed by atoms with van der Waals surface area (Å²) in [5.41, 5.74) is 3.22. The molecular weight excluding hydrogens is 541 g/mol. The van der Waals surface area contributed by atoms with E-state index in [1.807, 2.05) is 12.1 Å². The molecule has 220 valence electrons. The molecule has 1 aliphatic carbocycles. The van der Waals surface area contributed by atoms with Gasteiger partial charge in [0.05, 0.1) is 29.2 Å². The quantitative estimate of drug-likeness (QED) is 0.390. The van der Waals surface area contributed by atoms with Crippen molar-refractivity contribution in [2.75, 3.05) is 18.9 Å². The Balaban J connectivity index is 1.44. The summed E-state index contributed by atoms with van der Waals surface area (Å²) in [6.07, 6.45) is -2.59. The number of carbonyl (C=O) groups is 1. The van der Waals surface area contributed by atoms with Crippen molar-refractivity contribution in [3.8, 4) is 0 Å². The molecule has 6 nitrogen and oxygen atoms in total. The van der Waals surface area contributed by atoms with Crippen molar-refractivity contribution in [1.29, 1.82) is 0 Å². The molecule has 2 aromatic carbocycles. The van der Waals surface area contributed by atoms with Crippen LogP contribution >= 0.6 is 0 Å². The average Bonchev–Trinajstić information content (AvgIpc) is 3.28. The number of alkyl halides is 3. The Bertz CT molecular complexity index is 1290. The fourth-order valence-corrected chi connectivity index (χ4v) is 7.08. The van der Waals surface area contributed by atoms with Crippen molar-refractivity contribution in [3.63, 3.8) is 0 Å². The zero-order valence-electron chi connectivity index (χ0n) is 23.2. The molecule has 0 spiro atoms. The second-order valence-corrected chi connectivity index (χ2v) is 13.8. The van der Waals surface area contributed by atoms with Crippen molar-refractivity contribution >= 4 is 15.7 Å². The van der Waals surface area contributed by atoms with Crippen molar-refractivity contribution in [1.82, 2.24) is 10.2 Å². The number of aliphatic hydroxyl groups is 1. The van der Waals surface area contributed by atoms with Gasteiger partial charge in [-0.1, -0.05) is 39.0 Å². The van der Waals surface area contributed by atoms with Gasteiger partial charge in [-0.05, 0) is 78.5 Å². The standard InChI is InChI=1S/C30H39F3N2O4S/c1-4-40(38,39)25-12-7-21(8-13-25)27(18-36)34-29(37)22-9-14-26-23(15-22)17-35(28(26)19(2)3)16-20-5-10-24(11-6-20)30(31,32)33/h7-9,12-15,19-20,24,27-28,36H,4-6,10-11,16-18H2,1-3H3,(H,34,37)/t20?,24?,27-,28+/m1/s1. The second-order valence-electron chi connectivity index (χ2n) is 11.5. The van der Waals surface area contributed by atoms with Crippen molar-refractivity contribution in [3.05, 3.63) is 64.7 Å². The van der Waals surface area contributed by atoms with Crippen LogP contribution in [0.4, 0.5) is 13.2 Å². The van der Waals surface area contributed by atoms with Gasteiger partial charge in [0.2, 0.25) is 0 Å². The van der Waals surface area contributed by atoms with Gasteiger partial charge in [-0.3, -0.25) is 9.69 Å². The summed E-state index contributed by atoms with van der Waals surface area (Å²) in [7, 11) is -3.35. The Hall–Kier alpha value is -2.43. The number of hydrogen-bond acceptors (Lipinski definition) is 5. The Labute approximate surface area is 234 Å². The van der Waals surface area contributed by atoms with E-state index in [2.05, 4.69) is 24.1 Å². The predicted molar refractivity (Wildman–Crippen MR) is 147 cm³/mol. The monoisotopic (exact) mass is 580 g/mol. The minimum atomic E-state index is -4.11. The van der Waals surface area contributed by atoms with Crippen LogP contribution in [0, 0.1) is 17.8 Å². The smallest absolute Gasteiger partial charge is 0.391 e. The maximum Gasteiger partial charge on any atom is 0.391 e. The third-order valence-corrected chi connectivity index (χ3v) is 10.2. The lowest BCUT2D eigenvalue weighted by Gasteiger charge is -2.35. The number of aliphatic hydroxyl groups excluding tert-OH is 1. The minimum absolute atomic E-state index is 0.0148. The first-order valence-electron chi connectivity index (χ1n) is 14.0. The highest BCUT2D eigenvalue weighted by atomic mass is 32.2. The topological polar surface area (TPSA) is 86.7 Å². The molecule has 1 fully saturated rings. The van der Waals surface area contributed by atoms with E-state index in [0.717, 1.165) is 17.7 Å². The molecule has 2 atom stereocenters. The van der Waals surface area contributed by atoms with Crippen molar-refractivity contribution in [2.24, 2.45) is 17.8 Å². The van der Waals surface area contributed by atoms with Crippen LogP contribution in [-0.2, 0) is 16.4 Å². The van der Waals surface area contributed by atoms with E-state index in [4.69, 9.17) is 0 Å². The molecule has 1 saturated carbocycles. The highest BCUT2D eigenvalue weighted by Crippen LogP contribution is 2.43. The van der Waals surface area contributed by atoms with E-state index in [9.17, 15) is 31.5 Å². The van der Waals surface area contributed by atoms with E-state index >= 15 is 0 Å². The van der Waals surface area contributed by atoms with E-state index in [-0.39, 0.29) is 48.0 Å². The number of rotatable bonds is 9. The van der Waals surface area contributed by atoms with E-state index in [0.29, 0.717) is 36.4 Å². The van der Waals surface area contributed by atoms with Crippen molar-refractivity contribution < 1.29 is 31.5 Å². The van der Waals surface area contributed by atoms with Gasteiger partial charge in [0.15, 0.2) is 9.84 Å². The van der Waals surface area contributed by atoms with Crippen LogP contribution < -0.4 is 5.32 Å². The van der Waals surface area contributed by atoms with Gasteiger partial charge in [-0.2, -0.15) is 13.2 Å². The zero-order chi connectivity index (χ0) is 29.2. The number of nitrogens with zero attached hydrogens (tertiary/aromatic N) is 1. The fourth-order valence-electron chi connectivity index (χ4n) is 6.20. The molecule has 2 aliphatic rings. The van der Waals surface area contributed by atoms with Gasteiger partial charge in [0.25, 0.3) is 5.91 Å². The van der Waals surface area contributed by atoms with Crippen molar-refractivity contribution in [2.45, 2.75) is 76.2 Å². The molecular formula is C30H39F3N2O4S. The predicted octanol–water partition coefficient (Wildman–Crippen LogP) is 5.83. The number of benzene rings is 2. The Kier molecular flexibility index (Phi) is 9.31. The van der Waals surface area contributed by atoms with E-state index < -0.39 is 28.0 Å². The first kappa shape index (κ1) is 30.5. The summed E-state index contributed by atoms with van der Waals surface area (Å²) in [6.45, 7) is 6.86. The highest BCUT2D eigenvalue weighted by molar-refractivity contribution is 7.91. The maximum atomic E-state index is 13.2. The summed E-state index contributed by atoms with van der Waals surface area (Å²) in [4.78, 5) is 15.7. The van der Waals surface area contributed by atoms with Gasteiger partial charge >= 0.3 is 6.18 Å². The lowest BCUT2D eigenvalue weighted by atomic mass is 9.81. The highest BCUT2D eigenvalue weighted by Gasteiger charge is 2.42. The lowest BCUT2D eigenvalue weighted by molar-refractivity contribution is -0.184. The molecule has 1 heterocycles. The van der Waals surface area contributed by atoms with Crippen LogP contribution in [0.5, 0.6) is 0 Å². The number of halogens is 3. The summed E-state index contributed by atoms with van der Waals surface area (Å²) in [5, 5.41) is 12.8. The summed E-state index contributed by atoms with van der Waals surface area (Å²) in [6, 6.07) is 11.2. The van der Waals surface area contributed by atoms with E-state index in [1.165, 1.54) is 12.1 Å². The maximum absolute atomic E-state index is 13.2. The van der Waals surface area contributed by atoms with E-state index in [1.54, 1.807) is 25.1 Å². The Morgan fingerprint density at radius 3 is 2.27 bits per heavy atom. The molecule has 4 rings (SSSR count). The molecule has 0 unspecified atom stereocenters. The molecule has 10 heteroatoms. The molecule has 0 aromatic heterocycles. The number of carbonyl (C=O) groups excluding carboxylic acids is 1. The van der Waals surface area contributed by atoms with Gasteiger partial charge in [-0.25, -0.2) is 8.42 Å². The average molecular weight is 581 g/mol. The fraction of sp³-hybridized carbons (Fsp3) is 0.567. The molecule has 0 bridgehead atoms. The van der Waals surface area contributed by atoms with Gasteiger partial charge < -0.3 is 10.4 Å². The summed E-state index contributed by atoms with van der Waals surface area (Å²) >= 11 is 0. The Morgan fingerprint density at radius 1 is 1.07 bits per heavy atom. The largest absolute Gasteiger partial charge is 0.394 e. The molecule has 1 aliphatic heterocycles. The van der Waals surface area contributed by atoms with Gasteiger partial charge in [-0.15, -0.1) is 0 Å². The SMILES string of the molecule is CCS(=O)(=O)c1ccc([C@@H](CO)NC(=O)c2ccc3c(c2)CN(CC2CCC(C(F)(F)F)CC2)[C@H]3C(C)C)cc1. The first-order chi connectivity index (χ1) is 18.8.